The Labute approximate surface area is 189 Å². The van der Waals surface area contributed by atoms with E-state index in [1.54, 1.807) is 18.2 Å². The number of benzene rings is 2. The first-order valence-electron chi connectivity index (χ1n) is 9.71. The zero-order chi connectivity index (χ0) is 24.4. The van der Waals surface area contributed by atoms with Gasteiger partial charge >= 0.3 is 5.97 Å². The van der Waals surface area contributed by atoms with Gasteiger partial charge in [0.15, 0.2) is 5.96 Å². The number of guanidine groups is 1. The van der Waals surface area contributed by atoms with Crippen LogP contribution in [0.5, 0.6) is 17.2 Å². The van der Waals surface area contributed by atoms with Gasteiger partial charge in [-0.1, -0.05) is 12.1 Å². The Morgan fingerprint density at radius 3 is 2.45 bits per heavy atom. The highest BCUT2D eigenvalue weighted by molar-refractivity contribution is 6.00. The molecule has 1 atom stereocenters. The molecule has 176 valence electrons. The average Bonchev–Trinajstić information content (AvgIpc) is 2.78. The fourth-order valence-corrected chi connectivity index (χ4v) is 2.71. The van der Waals surface area contributed by atoms with Crippen molar-refractivity contribution in [1.29, 1.82) is 5.41 Å². The molecule has 0 aliphatic heterocycles. The van der Waals surface area contributed by atoms with Crippen molar-refractivity contribution in [2.45, 2.75) is 6.04 Å². The van der Waals surface area contributed by atoms with Crippen molar-refractivity contribution in [2.24, 2.45) is 5.73 Å². The highest BCUT2D eigenvalue weighted by Gasteiger charge is 2.24. The van der Waals surface area contributed by atoms with E-state index < -0.39 is 30.4 Å². The molecule has 0 aromatic heterocycles. The van der Waals surface area contributed by atoms with Crippen LogP contribution in [0, 0.1) is 5.41 Å². The van der Waals surface area contributed by atoms with E-state index in [-0.39, 0.29) is 47.5 Å². The smallest absolute Gasteiger partial charge is 0.328 e. The van der Waals surface area contributed by atoms with E-state index in [4.69, 9.17) is 20.6 Å². The summed E-state index contributed by atoms with van der Waals surface area (Å²) < 4.78 is 10.5. The van der Waals surface area contributed by atoms with Gasteiger partial charge in [0.25, 0.3) is 11.8 Å². The molecule has 12 heteroatoms. The van der Waals surface area contributed by atoms with E-state index in [9.17, 15) is 24.6 Å². The molecule has 8 N–H and O–H groups in total. The molecule has 0 aliphatic carbocycles. The van der Waals surface area contributed by atoms with Crippen LogP contribution in [-0.4, -0.2) is 66.8 Å². The van der Waals surface area contributed by atoms with Crippen LogP contribution in [0.2, 0.25) is 0 Å². The van der Waals surface area contributed by atoms with Gasteiger partial charge in [-0.25, -0.2) is 4.79 Å². The second-order valence-electron chi connectivity index (χ2n) is 6.64. The molecule has 0 saturated heterocycles. The van der Waals surface area contributed by atoms with Gasteiger partial charge in [-0.05, 0) is 24.3 Å². The largest absolute Gasteiger partial charge is 0.507 e. The summed E-state index contributed by atoms with van der Waals surface area (Å²) in [5.41, 5.74) is 5.19. The number of hydrogen-bond acceptors (Lipinski definition) is 7. The van der Waals surface area contributed by atoms with Crippen LogP contribution in [-0.2, 0) is 4.79 Å². The number of methoxy groups -OCH3 is 1. The minimum absolute atomic E-state index is 0.107. The lowest BCUT2D eigenvalue weighted by atomic mass is 10.1. The lowest BCUT2D eigenvalue weighted by Gasteiger charge is -2.17. The molecular formula is C21H25N5O7. The molecular weight excluding hydrogens is 434 g/mol. The van der Waals surface area contributed by atoms with Crippen LogP contribution in [0.3, 0.4) is 0 Å². The predicted molar refractivity (Wildman–Crippen MR) is 118 cm³/mol. The number of nitrogens with one attached hydrogen (secondary N) is 4. The van der Waals surface area contributed by atoms with E-state index in [1.165, 1.54) is 31.4 Å². The third-order valence-corrected chi connectivity index (χ3v) is 4.32. The number of amides is 2. The average molecular weight is 459 g/mol. The summed E-state index contributed by atoms with van der Waals surface area (Å²) >= 11 is 0. The van der Waals surface area contributed by atoms with Gasteiger partial charge in [0.05, 0.1) is 24.8 Å². The number of phenols is 1. The van der Waals surface area contributed by atoms with Crippen LogP contribution in [0.25, 0.3) is 0 Å². The molecule has 0 spiro atoms. The third kappa shape index (κ3) is 7.31. The Balaban J connectivity index is 1.97. The van der Waals surface area contributed by atoms with Crippen molar-refractivity contribution in [3.8, 4) is 17.2 Å². The van der Waals surface area contributed by atoms with E-state index in [0.29, 0.717) is 0 Å². The van der Waals surface area contributed by atoms with Gasteiger partial charge in [0, 0.05) is 12.6 Å². The van der Waals surface area contributed by atoms with Gasteiger partial charge in [-0.2, -0.15) is 0 Å². The fraction of sp³-hybridized carbons (Fsp3) is 0.238. The van der Waals surface area contributed by atoms with Crippen LogP contribution >= 0.6 is 0 Å². The molecule has 0 radical (unpaired) electrons. The highest BCUT2D eigenvalue weighted by Crippen LogP contribution is 2.23. The number of carbonyl (C=O) groups is 3. The van der Waals surface area contributed by atoms with E-state index in [0.717, 1.165) is 0 Å². The summed E-state index contributed by atoms with van der Waals surface area (Å²) in [5, 5.41) is 33.8. The van der Waals surface area contributed by atoms with E-state index in [1.807, 2.05) is 0 Å². The molecule has 33 heavy (non-hydrogen) atoms. The molecule has 0 unspecified atom stereocenters. The number of rotatable bonds is 11. The van der Waals surface area contributed by atoms with Gasteiger partial charge in [0.2, 0.25) is 0 Å². The number of ether oxygens (including phenoxy) is 2. The second kappa shape index (κ2) is 11.8. The number of para-hydroxylation sites is 1. The fourth-order valence-electron chi connectivity index (χ4n) is 2.71. The number of carboxylic acid groups (broad SMARTS) is 1. The van der Waals surface area contributed by atoms with Crippen LogP contribution in [0.15, 0.2) is 42.5 Å². The molecule has 0 fully saturated rings. The lowest BCUT2D eigenvalue weighted by molar-refractivity contribution is -0.139. The predicted octanol–water partition coefficient (Wildman–Crippen LogP) is -0.124. The zero-order valence-electron chi connectivity index (χ0n) is 17.8. The molecule has 0 aliphatic rings. The summed E-state index contributed by atoms with van der Waals surface area (Å²) in [6, 6.07) is 8.85. The number of aliphatic carboxylic acids is 1. The van der Waals surface area contributed by atoms with Crippen molar-refractivity contribution in [3.63, 3.8) is 0 Å². The summed E-state index contributed by atoms with van der Waals surface area (Å²) in [4.78, 5) is 36.4. The van der Waals surface area contributed by atoms with Gasteiger partial charge < -0.3 is 41.4 Å². The first-order valence-corrected chi connectivity index (χ1v) is 9.71. The third-order valence-electron chi connectivity index (χ3n) is 4.32. The maximum Gasteiger partial charge on any atom is 0.328 e. The van der Waals surface area contributed by atoms with Crippen molar-refractivity contribution in [3.05, 3.63) is 53.6 Å². The first kappa shape index (κ1) is 24.8. The molecule has 2 rings (SSSR count). The monoisotopic (exact) mass is 459 g/mol. The molecule has 0 heterocycles. The number of nitrogens with two attached hydrogens (primary N) is 1. The summed E-state index contributed by atoms with van der Waals surface area (Å²) in [6.45, 7) is 0.00962. The van der Waals surface area contributed by atoms with Crippen molar-refractivity contribution >= 4 is 23.7 Å². The molecule has 0 saturated carbocycles. The van der Waals surface area contributed by atoms with Gasteiger partial charge in [-0.15, -0.1) is 0 Å². The van der Waals surface area contributed by atoms with Gasteiger partial charge in [-0.3, -0.25) is 15.0 Å². The Kier molecular flexibility index (Phi) is 8.85. The topological polar surface area (TPSA) is 196 Å². The maximum atomic E-state index is 12.4. The summed E-state index contributed by atoms with van der Waals surface area (Å²) in [7, 11) is 1.38. The second-order valence-corrected chi connectivity index (χ2v) is 6.64. The quantitative estimate of drug-likeness (QED) is 0.136. The Hall–Kier alpha value is -4.48. The normalized spacial score (nSPS) is 11.1. The van der Waals surface area contributed by atoms with E-state index in [2.05, 4.69) is 16.0 Å². The summed E-state index contributed by atoms with van der Waals surface area (Å²) in [6.07, 6.45) is 0. The van der Waals surface area contributed by atoms with E-state index >= 15 is 0 Å². The minimum atomic E-state index is -1.43. The molecule has 2 aromatic carbocycles. The van der Waals surface area contributed by atoms with Crippen LogP contribution in [0.1, 0.15) is 20.7 Å². The van der Waals surface area contributed by atoms with Crippen LogP contribution in [0.4, 0.5) is 0 Å². The maximum absolute atomic E-state index is 12.4. The van der Waals surface area contributed by atoms with Gasteiger partial charge in [0.1, 0.15) is 29.9 Å². The van der Waals surface area contributed by atoms with Crippen molar-refractivity contribution in [2.75, 3.05) is 26.8 Å². The highest BCUT2D eigenvalue weighted by atomic mass is 16.5. The number of carboxylic acids is 1. The van der Waals surface area contributed by atoms with Crippen LogP contribution < -0.4 is 31.2 Å². The minimum Gasteiger partial charge on any atom is -0.507 e. The molecule has 2 amide bonds. The van der Waals surface area contributed by atoms with Crippen molar-refractivity contribution < 1.29 is 34.1 Å². The standard InChI is InChI=1S/C21H25N5O7/c1-32-17-5-3-2-4-14(17)19(29)26-15(20(30)31)11-25-18(28)13-7-6-12(10-16(13)27)33-9-8-24-21(22)23/h2-7,10,15,27H,8-9,11H2,1H3,(H,25,28)(H,26,29)(H,30,31)(H4,22,23,24)/t15-/m0/s1. The zero-order valence-corrected chi connectivity index (χ0v) is 17.8. The first-order chi connectivity index (χ1) is 15.7. The number of phenolic OH excluding ortho intramolecular Hbond substituents is 1. The summed E-state index contributed by atoms with van der Waals surface area (Å²) in [5.74, 6) is -2.81. The molecule has 2 aromatic rings. The molecule has 12 nitrogen and oxygen atoms in total. The number of carbonyl (C=O) groups excluding carboxylic acids is 2. The number of hydrogen-bond donors (Lipinski definition) is 7. The molecule has 0 bridgehead atoms. The van der Waals surface area contributed by atoms with Crippen molar-refractivity contribution in [1.82, 2.24) is 16.0 Å². The Morgan fingerprint density at radius 1 is 1.09 bits per heavy atom. The lowest BCUT2D eigenvalue weighted by Crippen LogP contribution is -2.48. The SMILES string of the molecule is COc1ccccc1C(=O)N[C@@H](CNC(=O)c1ccc(OCCNC(=N)N)cc1O)C(=O)O. The number of aromatic hydroxyl groups is 1. The Morgan fingerprint density at radius 2 is 1.82 bits per heavy atom. The Bertz CT molecular complexity index is 1030.